The number of Topliss-reactive ketones (excluding diaryl/α,β-unsaturated/α-hetero) is 5. The summed E-state index contributed by atoms with van der Waals surface area (Å²) in [6.07, 6.45) is 5.43. The van der Waals surface area contributed by atoms with E-state index in [9.17, 15) is 67.4 Å². The lowest BCUT2D eigenvalue weighted by atomic mass is 9.83. The fourth-order valence-corrected chi connectivity index (χ4v) is 16.2. The number of methoxy groups -OCH3 is 2. The number of carboxylic acid groups (broad SMARTS) is 1. The summed E-state index contributed by atoms with van der Waals surface area (Å²) in [4.78, 5) is 196. The summed E-state index contributed by atoms with van der Waals surface area (Å²) in [6, 6.07) is 20.6. The number of carbonyl (C=O) groups excluding carboxylic acids is 11. The summed E-state index contributed by atoms with van der Waals surface area (Å²) in [5.41, 5.74) is 14.8. The Morgan fingerprint density at radius 1 is 0.647 bits per heavy atom. The second-order valence-corrected chi connectivity index (χ2v) is 33.5. The van der Waals surface area contributed by atoms with Crippen molar-refractivity contribution in [3.05, 3.63) is 129 Å². The minimum absolute atomic E-state index is 0.00925. The van der Waals surface area contributed by atoms with Crippen molar-refractivity contribution in [3.8, 4) is 0 Å². The zero-order chi connectivity index (χ0) is 87.7. The summed E-state index contributed by atoms with van der Waals surface area (Å²) < 4.78 is 12.3. The number of urea groups is 1. The molecule has 0 spiro atoms. The topological polar surface area (TPSA) is 425 Å². The number of rotatable bonds is 54. The lowest BCUT2D eigenvalue weighted by molar-refractivity contribution is -0.149. The van der Waals surface area contributed by atoms with Gasteiger partial charge in [0, 0.05) is 122 Å². The average molecular weight is 1650 g/mol. The molecule has 1 saturated heterocycles. The minimum atomic E-state index is -1.19. The maximum Gasteiger partial charge on any atom is 0.312 e. The smallest absolute Gasteiger partial charge is 0.312 e. The second-order valence-electron chi connectivity index (χ2n) is 33.5. The molecule has 2 aromatic heterocycles. The van der Waals surface area contributed by atoms with Gasteiger partial charge in [-0.05, 0) is 131 Å². The number of benzene rings is 3. The number of carboxylic acids is 1. The molecule has 6 unspecified atom stereocenters. The third-order valence-corrected chi connectivity index (χ3v) is 23.3. The molecule has 7 amide bonds. The Bertz CT molecular complexity index is 4240. The number of aryl methyl sites for hydroxylation is 2. The Morgan fingerprint density at radius 2 is 1.30 bits per heavy atom. The molecule has 119 heavy (non-hydrogen) atoms. The van der Waals surface area contributed by atoms with Crippen LogP contribution in [0.5, 0.6) is 0 Å². The van der Waals surface area contributed by atoms with Gasteiger partial charge in [0.25, 0.3) is 5.56 Å². The number of likely N-dealkylation sites (N-methyl/N-ethyl adjacent to an activating group) is 2. The molecule has 652 valence electrons. The van der Waals surface area contributed by atoms with Gasteiger partial charge >= 0.3 is 12.0 Å². The third-order valence-electron chi connectivity index (χ3n) is 23.3. The summed E-state index contributed by atoms with van der Waals surface area (Å²) in [5, 5.41) is 21.3. The van der Waals surface area contributed by atoms with Crippen LogP contribution in [0.4, 0.5) is 10.7 Å². The highest BCUT2D eigenvalue weighted by molar-refractivity contribution is 5.98. The fraction of sp³-hybridized carbons (Fsp3) is 0.600. The summed E-state index contributed by atoms with van der Waals surface area (Å²) in [5.74, 6) is -8.03. The van der Waals surface area contributed by atoms with Crippen LogP contribution in [0, 0.1) is 53.3 Å². The zero-order valence-corrected chi connectivity index (χ0v) is 72.3. The number of unbranched alkanes of at least 4 members (excludes halogenated alkanes) is 2. The largest absolute Gasteiger partial charge is 0.481 e. The Morgan fingerprint density at radius 3 is 1.92 bits per heavy atom. The number of nitrogens with zero attached hydrogens (tertiary/aromatic N) is 6. The van der Waals surface area contributed by atoms with Gasteiger partial charge in [-0.25, -0.2) is 14.8 Å². The first-order chi connectivity index (χ1) is 56.5. The van der Waals surface area contributed by atoms with Crippen molar-refractivity contribution >= 4 is 87.6 Å². The molecule has 29 heteroatoms. The van der Waals surface area contributed by atoms with Crippen LogP contribution >= 0.6 is 0 Å². The summed E-state index contributed by atoms with van der Waals surface area (Å²) in [6.45, 7) is 18.6. The van der Waals surface area contributed by atoms with Gasteiger partial charge < -0.3 is 57.1 Å². The van der Waals surface area contributed by atoms with Crippen LogP contribution < -0.4 is 38.3 Å². The predicted octanol–water partition coefficient (Wildman–Crippen LogP) is 9.00. The molecule has 0 saturated carbocycles. The maximum absolute atomic E-state index is 14.7. The number of ketones is 5. The van der Waals surface area contributed by atoms with Crippen molar-refractivity contribution in [1.82, 2.24) is 55.9 Å². The molecule has 6 rings (SSSR count). The van der Waals surface area contributed by atoms with Gasteiger partial charge in [0.1, 0.15) is 11.6 Å². The number of anilines is 1. The van der Waals surface area contributed by atoms with Crippen molar-refractivity contribution in [2.24, 2.45) is 59.0 Å². The van der Waals surface area contributed by atoms with Crippen LogP contribution in [-0.4, -0.2) is 208 Å². The van der Waals surface area contributed by atoms with Crippen LogP contribution in [-0.2, 0) is 89.5 Å². The number of primary amides is 1. The molecular formula is C90H131N13O16. The van der Waals surface area contributed by atoms with E-state index in [1.165, 1.54) is 13.3 Å². The number of nitrogen functional groups attached to an aromatic ring is 1. The number of nitrogens with two attached hydrogens (primary N) is 2. The molecule has 0 radical (unpaired) electrons. The van der Waals surface area contributed by atoms with Crippen LogP contribution in [0.1, 0.15) is 203 Å². The number of hydrogen-bond acceptors (Lipinski definition) is 20. The molecule has 0 aliphatic carbocycles. The van der Waals surface area contributed by atoms with Crippen molar-refractivity contribution in [1.29, 1.82) is 0 Å². The Kier molecular flexibility index (Phi) is 40.2. The van der Waals surface area contributed by atoms with Crippen LogP contribution in [0.2, 0.25) is 0 Å². The lowest BCUT2D eigenvalue weighted by Gasteiger charge is -2.41. The van der Waals surface area contributed by atoms with E-state index in [0.29, 0.717) is 87.6 Å². The van der Waals surface area contributed by atoms with E-state index in [2.05, 4.69) is 41.2 Å². The molecule has 29 nitrogen and oxygen atoms in total. The molecule has 1 aliphatic rings. The van der Waals surface area contributed by atoms with Crippen molar-refractivity contribution in [3.63, 3.8) is 0 Å². The number of carbonyl (C=O) groups is 12. The number of ether oxygens (including phenoxy) is 2. The number of aliphatic carboxylic acids is 1. The van der Waals surface area contributed by atoms with E-state index in [4.69, 9.17) is 20.9 Å². The number of amides is 7. The Balaban J connectivity index is 0.964. The van der Waals surface area contributed by atoms with Gasteiger partial charge in [-0.15, -0.1) is 0 Å². The molecule has 1 fully saturated rings. The third kappa shape index (κ3) is 30.6. The van der Waals surface area contributed by atoms with E-state index in [1.807, 2.05) is 129 Å². The molecule has 10 N–H and O–H groups in total. The molecule has 0 bridgehead atoms. The van der Waals surface area contributed by atoms with Gasteiger partial charge in [0.15, 0.2) is 28.5 Å². The van der Waals surface area contributed by atoms with E-state index < -0.39 is 83.4 Å². The Hall–Kier alpha value is -10.0. The molecular weight excluding hydrogens is 1520 g/mol. The van der Waals surface area contributed by atoms with Gasteiger partial charge in [0.2, 0.25) is 35.5 Å². The standard InChI is InChI=1S/C90H131N13O16/c1-15-57(8)81(102(12)87(114)69(55(4)5)51-75(108)80(56(6)7)101(10)11)76(118-13)52-78(110)103-45-23-28-71(103)82(119-14)58(9)72(105)49-65(46-61-24-18-16-19-25-61)84(111)94-44-41-60-29-31-62(32-30-60)47-74(107)70(27-22-43-95-90(92)117)98-85(112)68(54(2)3)50-67(104)26-20-17-21-42-93-77(109)40-38-64(88(115)116)48-73(106)63-36-33-59(34-37-63)35-39-66-53-96-83-79(97-66)86(113)100-89(91)99-83/h16,18-19,24-25,29-34,36-37,53-58,64-65,68-71,76,80-82H,15,17,20-23,26-28,35,38-52H2,1-14H3,(H,93,109)(H,94,111)(H,98,112)(H,115,116)(H3,92,95,117)(H3,91,96,99,100,113)/t57-,58?,64+,65+,68+,69-,70+,71?,76?,80?,81?,82?/m0/s1. The van der Waals surface area contributed by atoms with Gasteiger partial charge in [-0.1, -0.05) is 154 Å². The first kappa shape index (κ1) is 97.8. The number of aromatic amines is 1. The number of aromatic nitrogens is 4. The van der Waals surface area contributed by atoms with Crippen LogP contribution in [0.25, 0.3) is 11.2 Å². The molecule has 12 atom stereocenters. The van der Waals surface area contributed by atoms with E-state index in [-0.39, 0.29) is 190 Å². The normalized spacial score (nSPS) is 15.7. The highest BCUT2D eigenvalue weighted by Gasteiger charge is 2.44. The highest BCUT2D eigenvalue weighted by Crippen LogP contribution is 2.33. The highest BCUT2D eigenvalue weighted by atomic mass is 16.5. The number of fused-ring (bicyclic) bond motifs is 1. The number of likely N-dealkylation sites (tertiary alicyclic amines) is 1. The predicted molar refractivity (Wildman–Crippen MR) is 455 cm³/mol. The average Bonchev–Trinajstić information content (AvgIpc) is 1.80. The van der Waals surface area contributed by atoms with Crippen molar-refractivity contribution < 1.29 is 72.1 Å². The van der Waals surface area contributed by atoms with Crippen molar-refractivity contribution in [2.75, 3.05) is 67.3 Å². The summed E-state index contributed by atoms with van der Waals surface area (Å²) in [7, 11) is 8.60. The number of H-pyrrole nitrogens is 1. The Labute approximate surface area is 701 Å². The van der Waals surface area contributed by atoms with E-state index in [1.54, 1.807) is 55.1 Å². The van der Waals surface area contributed by atoms with E-state index >= 15 is 0 Å². The van der Waals surface area contributed by atoms with Gasteiger partial charge in [-0.2, -0.15) is 4.98 Å². The first-order valence-corrected chi connectivity index (χ1v) is 42.3. The SMILES string of the molecule is CC[C@H](C)C(C(CC(=O)N1CCCC1C(OC)C(C)C(=O)C[C@@H](Cc1ccccc1)C(=O)NCCc1ccc(CC(=O)[C@@H](CCCNC(N)=O)NC(=O)[C@H](CC(=O)CCCCCNC(=O)CC[C@H](CC(=O)c2ccc(CCc3cnc4nc(N)[nH]c(=O)c4n3)cc2)C(=O)O)C(C)C)cc1)OC)N(C)C(=O)[C@@H](CC(=O)C(C(C)C)N(C)C)C(C)C. The van der Waals surface area contributed by atoms with Crippen LogP contribution in [0.3, 0.4) is 0 Å². The zero-order valence-electron chi connectivity index (χ0n) is 72.3. The minimum Gasteiger partial charge on any atom is -0.481 e. The van der Waals surface area contributed by atoms with Crippen LogP contribution in [0.15, 0.2) is 89.9 Å². The quantitative estimate of drug-likeness (QED) is 0.0133. The molecule has 3 heterocycles. The summed E-state index contributed by atoms with van der Waals surface area (Å²) >= 11 is 0. The maximum atomic E-state index is 14.7. The molecule has 1 aliphatic heterocycles. The number of hydrogen-bond donors (Lipinski definition) is 8. The lowest BCUT2D eigenvalue weighted by Crippen LogP contribution is -2.54. The van der Waals surface area contributed by atoms with Gasteiger partial charge in [-0.3, -0.25) is 67.4 Å². The van der Waals surface area contributed by atoms with Gasteiger partial charge in [0.05, 0.1) is 60.6 Å². The second kappa shape index (κ2) is 48.9. The molecule has 5 aromatic rings. The van der Waals surface area contributed by atoms with Crippen molar-refractivity contribution in [2.45, 2.75) is 234 Å². The molecule has 3 aromatic carbocycles. The first-order valence-electron chi connectivity index (χ1n) is 42.3. The monoisotopic (exact) mass is 1650 g/mol. The number of nitrogens with one attached hydrogen (secondary N) is 5. The fourth-order valence-electron chi connectivity index (χ4n) is 16.2. The van der Waals surface area contributed by atoms with E-state index in [0.717, 1.165) is 16.7 Å².